The molecule has 0 heterocycles. The fourth-order valence-corrected chi connectivity index (χ4v) is 2.50. The van der Waals surface area contributed by atoms with Gasteiger partial charge in [-0.1, -0.05) is 13.3 Å². The van der Waals surface area contributed by atoms with Crippen molar-refractivity contribution in [2.24, 2.45) is 0 Å². The van der Waals surface area contributed by atoms with Crippen molar-refractivity contribution in [2.75, 3.05) is 7.11 Å². The summed E-state index contributed by atoms with van der Waals surface area (Å²) in [6.45, 7) is -0.802. The summed E-state index contributed by atoms with van der Waals surface area (Å²) >= 11 is 3.15. The zero-order valence-electron chi connectivity index (χ0n) is 12.2. The smallest absolute Gasteiger partial charge is 0.387 e. The van der Waals surface area contributed by atoms with Gasteiger partial charge in [-0.3, -0.25) is 4.79 Å². The highest BCUT2D eigenvalue weighted by Gasteiger charge is 2.18. The lowest BCUT2D eigenvalue weighted by atomic mass is 10.1. The number of carbonyl (C=O) groups is 1. The maximum Gasteiger partial charge on any atom is 0.387 e. The minimum absolute atomic E-state index is 0.0930. The van der Waals surface area contributed by atoms with Gasteiger partial charge in [0.2, 0.25) is 0 Å². The Hall–Kier alpha value is -1.41. The number of carboxylic acids is 1. The summed E-state index contributed by atoms with van der Waals surface area (Å²) in [5.74, 6) is -0.871. The molecule has 0 bridgehead atoms. The maximum atomic E-state index is 12.4. The highest BCUT2D eigenvalue weighted by Crippen LogP contribution is 2.37. The number of benzene rings is 1. The van der Waals surface area contributed by atoms with Gasteiger partial charge >= 0.3 is 12.6 Å². The molecule has 0 aromatic heterocycles. The van der Waals surface area contributed by atoms with Crippen LogP contribution in [0.5, 0.6) is 11.5 Å². The van der Waals surface area contributed by atoms with Crippen molar-refractivity contribution in [3.8, 4) is 11.5 Å². The van der Waals surface area contributed by atoms with Gasteiger partial charge in [-0.2, -0.15) is 8.78 Å². The second-order valence-electron chi connectivity index (χ2n) is 4.55. The summed E-state index contributed by atoms with van der Waals surface area (Å²) in [6, 6.07) is 2.45. The average Bonchev–Trinajstić information content (AvgIpc) is 2.45. The minimum atomic E-state index is -2.96. The standard InChI is InChI=1S/C14H18BrF2NO4/c1-3-4-10(13(19)20)18-7-8-5-9(15)12(22-14(16)17)11(6-8)21-2/h5-6,10,14,18H,3-4,7H2,1-2H3,(H,19,20). The minimum Gasteiger partial charge on any atom is -0.493 e. The van der Waals surface area contributed by atoms with Crippen molar-refractivity contribution in [2.45, 2.75) is 39.0 Å². The van der Waals surface area contributed by atoms with Gasteiger partial charge in [-0.05, 0) is 40.0 Å². The maximum absolute atomic E-state index is 12.4. The first-order chi connectivity index (χ1) is 10.4. The van der Waals surface area contributed by atoms with E-state index >= 15 is 0 Å². The van der Waals surface area contributed by atoms with E-state index in [-0.39, 0.29) is 18.0 Å². The number of aliphatic carboxylic acids is 1. The predicted octanol–water partition coefficient (Wildman–Crippen LogP) is 3.40. The van der Waals surface area contributed by atoms with Crippen molar-refractivity contribution in [1.29, 1.82) is 0 Å². The normalized spacial score (nSPS) is 12.3. The molecule has 1 aromatic rings. The van der Waals surface area contributed by atoms with Gasteiger partial charge in [0, 0.05) is 6.54 Å². The van der Waals surface area contributed by atoms with Gasteiger partial charge in [0.05, 0.1) is 11.6 Å². The van der Waals surface area contributed by atoms with Gasteiger partial charge in [0.25, 0.3) is 0 Å². The number of methoxy groups -OCH3 is 1. The molecule has 0 spiro atoms. The predicted molar refractivity (Wildman–Crippen MR) is 80.5 cm³/mol. The van der Waals surface area contributed by atoms with Crippen LogP contribution in [0.2, 0.25) is 0 Å². The Labute approximate surface area is 135 Å². The Morgan fingerprint density at radius 1 is 1.45 bits per heavy atom. The fraction of sp³-hybridized carbons (Fsp3) is 0.500. The van der Waals surface area contributed by atoms with Crippen molar-refractivity contribution in [3.05, 3.63) is 22.2 Å². The number of rotatable bonds is 9. The zero-order chi connectivity index (χ0) is 16.7. The number of carboxylic acid groups (broad SMARTS) is 1. The van der Waals surface area contributed by atoms with Crippen LogP contribution >= 0.6 is 15.9 Å². The molecule has 2 N–H and O–H groups in total. The number of hydrogen-bond acceptors (Lipinski definition) is 4. The molecule has 5 nitrogen and oxygen atoms in total. The van der Waals surface area contributed by atoms with Crippen LogP contribution in [0.1, 0.15) is 25.3 Å². The summed E-state index contributed by atoms with van der Waals surface area (Å²) < 4.78 is 34.5. The molecule has 1 atom stereocenters. The van der Waals surface area contributed by atoms with E-state index in [2.05, 4.69) is 26.0 Å². The van der Waals surface area contributed by atoms with Crippen LogP contribution in [0.4, 0.5) is 8.78 Å². The van der Waals surface area contributed by atoms with Crippen LogP contribution in [0, 0.1) is 0 Å². The van der Waals surface area contributed by atoms with E-state index in [1.807, 2.05) is 6.92 Å². The largest absolute Gasteiger partial charge is 0.493 e. The molecule has 22 heavy (non-hydrogen) atoms. The van der Waals surface area contributed by atoms with E-state index in [1.54, 1.807) is 6.07 Å². The lowest BCUT2D eigenvalue weighted by Crippen LogP contribution is -2.36. The third-order valence-electron chi connectivity index (χ3n) is 2.92. The molecule has 1 aromatic carbocycles. The molecule has 0 aliphatic rings. The van der Waals surface area contributed by atoms with Crippen LogP contribution in [0.15, 0.2) is 16.6 Å². The summed E-state index contributed by atoms with van der Waals surface area (Å²) in [5, 5.41) is 12.0. The van der Waals surface area contributed by atoms with Crippen molar-refractivity contribution < 1.29 is 28.2 Å². The van der Waals surface area contributed by atoms with Crippen LogP contribution < -0.4 is 14.8 Å². The first-order valence-corrected chi connectivity index (χ1v) is 7.45. The summed E-state index contributed by atoms with van der Waals surface area (Å²) in [6.07, 6.45) is 1.23. The first kappa shape index (κ1) is 18.6. The molecule has 0 radical (unpaired) electrons. The summed E-state index contributed by atoms with van der Waals surface area (Å²) in [5.41, 5.74) is 0.688. The lowest BCUT2D eigenvalue weighted by molar-refractivity contribution is -0.139. The molecule has 0 saturated carbocycles. The molecular weight excluding hydrogens is 364 g/mol. The Balaban J connectivity index is 2.88. The van der Waals surface area contributed by atoms with E-state index in [0.29, 0.717) is 16.5 Å². The van der Waals surface area contributed by atoms with Gasteiger partial charge in [-0.25, -0.2) is 0 Å². The van der Waals surface area contributed by atoms with Crippen molar-refractivity contribution in [1.82, 2.24) is 5.32 Å². The number of alkyl halides is 2. The average molecular weight is 382 g/mol. The molecule has 0 amide bonds. The van der Waals surface area contributed by atoms with Gasteiger partial charge < -0.3 is 19.9 Å². The van der Waals surface area contributed by atoms with Crippen LogP contribution in [-0.4, -0.2) is 30.8 Å². The van der Waals surface area contributed by atoms with Crippen molar-refractivity contribution in [3.63, 3.8) is 0 Å². The molecule has 0 aliphatic heterocycles. The van der Waals surface area contributed by atoms with Gasteiger partial charge in [0.1, 0.15) is 6.04 Å². The lowest BCUT2D eigenvalue weighted by Gasteiger charge is -2.16. The molecule has 0 fully saturated rings. The third kappa shape index (κ3) is 5.42. The molecule has 124 valence electrons. The molecule has 0 saturated heterocycles. The van der Waals surface area contributed by atoms with E-state index < -0.39 is 18.6 Å². The van der Waals surface area contributed by atoms with Crippen LogP contribution in [-0.2, 0) is 11.3 Å². The first-order valence-electron chi connectivity index (χ1n) is 6.66. The highest BCUT2D eigenvalue weighted by molar-refractivity contribution is 9.10. The van der Waals surface area contributed by atoms with Crippen LogP contribution in [0.25, 0.3) is 0 Å². The van der Waals surface area contributed by atoms with E-state index in [9.17, 15) is 13.6 Å². The zero-order valence-corrected chi connectivity index (χ0v) is 13.8. The molecule has 1 rings (SSSR count). The van der Waals surface area contributed by atoms with Gasteiger partial charge in [0.15, 0.2) is 11.5 Å². The molecule has 8 heteroatoms. The highest BCUT2D eigenvalue weighted by atomic mass is 79.9. The Kier molecular flexibility index (Phi) is 7.53. The number of nitrogens with one attached hydrogen (secondary N) is 1. The second-order valence-corrected chi connectivity index (χ2v) is 5.40. The summed E-state index contributed by atoms with van der Waals surface area (Å²) in [7, 11) is 1.34. The Morgan fingerprint density at radius 3 is 2.64 bits per heavy atom. The number of hydrogen-bond donors (Lipinski definition) is 2. The van der Waals surface area contributed by atoms with Crippen molar-refractivity contribution >= 4 is 21.9 Å². The molecular formula is C14H18BrF2NO4. The summed E-state index contributed by atoms with van der Waals surface area (Å²) in [4.78, 5) is 11.1. The SMILES string of the molecule is CCCC(NCc1cc(Br)c(OC(F)F)c(OC)c1)C(=O)O. The Bertz CT molecular complexity index is 514. The van der Waals surface area contributed by atoms with E-state index in [4.69, 9.17) is 9.84 Å². The fourth-order valence-electron chi connectivity index (χ4n) is 1.92. The molecule has 0 aliphatic carbocycles. The van der Waals surface area contributed by atoms with Gasteiger partial charge in [-0.15, -0.1) is 0 Å². The topological polar surface area (TPSA) is 67.8 Å². The van der Waals surface area contributed by atoms with E-state index in [1.165, 1.54) is 13.2 Å². The van der Waals surface area contributed by atoms with Crippen LogP contribution in [0.3, 0.4) is 0 Å². The van der Waals surface area contributed by atoms with E-state index in [0.717, 1.165) is 6.42 Å². The third-order valence-corrected chi connectivity index (χ3v) is 3.51. The number of ether oxygens (including phenoxy) is 2. The molecule has 1 unspecified atom stereocenters. The second kappa shape index (κ2) is 8.89. The number of halogens is 3. The Morgan fingerprint density at radius 2 is 2.14 bits per heavy atom. The quantitative estimate of drug-likeness (QED) is 0.685. The monoisotopic (exact) mass is 381 g/mol.